The molecule has 2 amide bonds. The molecule has 0 aliphatic heterocycles. The normalized spacial score (nSPS) is 11.4. The third-order valence-electron chi connectivity index (χ3n) is 4.07. The van der Waals surface area contributed by atoms with Gasteiger partial charge in [-0.25, -0.2) is 10.2 Å². The van der Waals surface area contributed by atoms with Gasteiger partial charge in [0, 0.05) is 23.1 Å². The van der Waals surface area contributed by atoms with Crippen LogP contribution >= 0.6 is 25.2 Å². The summed E-state index contributed by atoms with van der Waals surface area (Å²) >= 11 is 3.17. The fraction of sp³-hybridized carbons (Fsp3) is 0.316. The van der Waals surface area contributed by atoms with Crippen molar-refractivity contribution in [1.29, 1.82) is 0 Å². The summed E-state index contributed by atoms with van der Waals surface area (Å²) < 4.78 is 27.1. The van der Waals surface area contributed by atoms with Crippen molar-refractivity contribution in [1.82, 2.24) is 10.4 Å². The molecule has 2 aromatic carbocycles. The Bertz CT molecular complexity index is 756. The highest BCUT2D eigenvalue weighted by molar-refractivity contribution is 9.10. The van der Waals surface area contributed by atoms with Gasteiger partial charge in [-0.15, -0.1) is 0 Å². The smallest absolute Gasteiger partial charge is 0.329 e. The number of carbonyl (C=O) groups excluding carboxylic acids is 1. The Hall–Kier alpha value is -1.56. The number of carbonyl (C=O) groups is 1. The summed E-state index contributed by atoms with van der Waals surface area (Å²) in [4.78, 5) is 11.6. The van der Waals surface area contributed by atoms with E-state index in [-0.39, 0.29) is 5.56 Å². The van der Waals surface area contributed by atoms with Crippen LogP contribution in [0.3, 0.4) is 0 Å². The zero-order chi connectivity index (χ0) is 19.9. The maximum absolute atomic E-state index is 13.4. The third kappa shape index (κ3) is 7.17. The first-order valence-electron chi connectivity index (χ1n) is 8.57. The van der Waals surface area contributed by atoms with Crippen molar-refractivity contribution >= 4 is 31.2 Å². The molecular formula is C19H23BrF2N3OP. The zero-order valence-electron chi connectivity index (χ0n) is 14.8. The molecule has 0 bridgehead atoms. The minimum absolute atomic E-state index is 0.107. The van der Waals surface area contributed by atoms with Crippen LogP contribution in [0.4, 0.5) is 13.6 Å². The number of hydrazine groups is 1. The first-order chi connectivity index (χ1) is 12.8. The van der Waals surface area contributed by atoms with Crippen molar-refractivity contribution in [3.05, 3.63) is 69.7 Å². The van der Waals surface area contributed by atoms with E-state index in [1.807, 2.05) is 18.2 Å². The second-order valence-electron chi connectivity index (χ2n) is 6.20. The first-order valence-corrected chi connectivity index (χ1v) is 9.94. The van der Waals surface area contributed by atoms with E-state index in [0.717, 1.165) is 24.8 Å². The van der Waals surface area contributed by atoms with Gasteiger partial charge in [0.05, 0.1) is 0 Å². The van der Waals surface area contributed by atoms with Gasteiger partial charge >= 0.3 is 6.03 Å². The van der Waals surface area contributed by atoms with Crippen LogP contribution in [0.5, 0.6) is 0 Å². The van der Waals surface area contributed by atoms with Gasteiger partial charge in [0.25, 0.3) is 5.66 Å². The molecule has 2 aromatic rings. The standard InChI is InChI=1S/C19H23BrF2N3OP/c20-17-12-15(9-10-16(17)19(21,22)27)13-24-25(18(23)26)11-5-4-8-14-6-2-1-3-7-14/h1-3,6-7,9-10,12,24H,4-5,8,11,13,27H2,(H2,23,26). The molecule has 0 saturated heterocycles. The number of urea groups is 1. The average molecular weight is 458 g/mol. The second-order valence-corrected chi connectivity index (χ2v) is 7.78. The molecule has 0 saturated carbocycles. The maximum atomic E-state index is 13.4. The van der Waals surface area contributed by atoms with E-state index in [1.54, 1.807) is 12.1 Å². The second kappa shape index (κ2) is 10.1. The van der Waals surface area contributed by atoms with Crippen molar-refractivity contribution < 1.29 is 13.6 Å². The zero-order valence-corrected chi connectivity index (χ0v) is 17.5. The molecule has 146 valence electrons. The molecule has 0 aliphatic carbocycles. The highest BCUT2D eigenvalue weighted by Crippen LogP contribution is 2.39. The highest BCUT2D eigenvalue weighted by Gasteiger charge is 2.27. The van der Waals surface area contributed by atoms with E-state index in [2.05, 4.69) is 33.5 Å². The van der Waals surface area contributed by atoms with Gasteiger partial charge < -0.3 is 5.73 Å². The molecule has 0 fully saturated rings. The van der Waals surface area contributed by atoms with Crippen molar-refractivity contribution in [3.8, 4) is 0 Å². The molecule has 0 aromatic heterocycles. The van der Waals surface area contributed by atoms with E-state index in [4.69, 9.17) is 5.73 Å². The fourth-order valence-corrected chi connectivity index (χ4v) is 3.79. The van der Waals surface area contributed by atoms with Gasteiger partial charge in [-0.05, 0) is 36.5 Å². The van der Waals surface area contributed by atoms with Crippen LogP contribution in [-0.2, 0) is 18.6 Å². The number of nitrogens with two attached hydrogens (primary N) is 1. The Balaban J connectivity index is 1.83. The van der Waals surface area contributed by atoms with Crippen LogP contribution in [0.15, 0.2) is 53.0 Å². The molecule has 4 nitrogen and oxygen atoms in total. The summed E-state index contributed by atoms with van der Waals surface area (Å²) in [6, 6.07) is 14.1. The number of hydrogen-bond acceptors (Lipinski definition) is 2. The number of unbranched alkanes of at least 4 members (excludes halogenated alkanes) is 1. The summed E-state index contributed by atoms with van der Waals surface area (Å²) in [5.41, 5.74) is 7.29. The van der Waals surface area contributed by atoms with Crippen molar-refractivity contribution in [2.45, 2.75) is 31.5 Å². The number of benzene rings is 2. The molecule has 2 rings (SSSR count). The molecule has 3 N–H and O–H groups in total. The lowest BCUT2D eigenvalue weighted by atomic mass is 10.1. The van der Waals surface area contributed by atoms with Crippen LogP contribution in [0.1, 0.15) is 29.5 Å². The lowest BCUT2D eigenvalue weighted by Gasteiger charge is -2.22. The van der Waals surface area contributed by atoms with Crippen molar-refractivity contribution in [3.63, 3.8) is 0 Å². The van der Waals surface area contributed by atoms with Gasteiger partial charge in [-0.3, -0.25) is 5.01 Å². The SMILES string of the molecule is NC(=O)N(CCCCc1ccccc1)NCc1ccc(C(F)(F)P)c(Br)c1. The molecular weight excluding hydrogens is 435 g/mol. The number of rotatable bonds is 9. The van der Waals surface area contributed by atoms with Crippen LogP contribution in [0, 0.1) is 0 Å². The van der Waals surface area contributed by atoms with E-state index < -0.39 is 11.7 Å². The summed E-state index contributed by atoms with van der Waals surface area (Å²) in [5, 5.41) is 1.36. The van der Waals surface area contributed by atoms with E-state index in [9.17, 15) is 13.6 Å². The number of alkyl halides is 2. The molecule has 1 atom stereocenters. The van der Waals surface area contributed by atoms with E-state index in [1.165, 1.54) is 25.9 Å². The van der Waals surface area contributed by atoms with Crippen LogP contribution < -0.4 is 11.2 Å². The summed E-state index contributed by atoms with van der Waals surface area (Å²) in [6.45, 7) is 0.786. The van der Waals surface area contributed by atoms with Crippen LogP contribution in [0.25, 0.3) is 0 Å². The van der Waals surface area contributed by atoms with E-state index >= 15 is 0 Å². The molecule has 0 heterocycles. The van der Waals surface area contributed by atoms with Crippen LogP contribution in [-0.4, -0.2) is 17.6 Å². The summed E-state index contributed by atoms with van der Waals surface area (Å²) in [7, 11) is 1.52. The number of nitrogens with zero attached hydrogens (tertiary/aromatic N) is 1. The first kappa shape index (κ1) is 21.7. The number of hydrogen-bond donors (Lipinski definition) is 2. The van der Waals surface area contributed by atoms with Crippen LogP contribution in [0.2, 0.25) is 0 Å². The quantitative estimate of drug-likeness (QED) is 0.323. The lowest BCUT2D eigenvalue weighted by molar-refractivity contribution is 0.103. The number of nitrogens with one attached hydrogen (secondary N) is 1. The lowest BCUT2D eigenvalue weighted by Crippen LogP contribution is -2.46. The molecule has 1 unspecified atom stereocenters. The number of amides is 2. The van der Waals surface area contributed by atoms with E-state index in [0.29, 0.717) is 17.6 Å². The predicted molar refractivity (Wildman–Crippen MR) is 110 cm³/mol. The monoisotopic (exact) mass is 457 g/mol. The largest absolute Gasteiger partial charge is 0.350 e. The Morgan fingerprint density at radius 3 is 2.44 bits per heavy atom. The number of halogens is 3. The molecule has 0 spiro atoms. The van der Waals surface area contributed by atoms with Crippen molar-refractivity contribution in [2.24, 2.45) is 5.73 Å². The third-order valence-corrected chi connectivity index (χ3v) is 5.04. The number of primary amides is 1. The number of aryl methyl sites for hydroxylation is 1. The topological polar surface area (TPSA) is 58.4 Å². The minimum atomic E-state index is -3.00. The average Bonchev–Trinajstić information content (AvgIpc) is 2.60. The minimum Gasteiger partial charge on any atom is -0.350 e. The summed E-state index contributed by atoms with van der Waals surface area (Å²) in [5.74, 6) is 0. The predicted octanol–water partition coefficient (Wildman–Crippen LogP) is 4.78. The molecule has 27 heavy (non-hydrogen) atoms. The maximum Gasteiger partial charge on any atom is 0.329 e. The Labute approximate surface area is 168 Å². The Morgan fingerprint density at radius 1 is 1.15 bits per heavy atom. The Kier molecular flexibility index (Phi) is 8.14. The highest BCUT2D eigenvalue weighted by atomic mass is 79.9. The van der Waals surface area contributed by atoms with Gasteiger partial charge in [0.2, 0.25) is 0 Å². The molecule has 0 radical (unpaired) electrons. The van der Waals surface area contributed by atoms with Gasteiger partial charge in [-0.1, -0.05) is 67.6 Å². The molecule has 0 aliphatic rings. The van der Waals surface area contributed by atoms with Gasteiger partial charge in [-0.2, -0.15) is 8.78 Å². The fourth-order valence-electron chi connectivity index (χ4n) is 2.64. The van der Waals surface area contributed by atoms with Gasteiger partial charge in [0.15, 0.2) is 0 Å². The van der Waals surface area contributed by atoms with Crippen molar-refractivity contribution in [2.75, 3.05) is 6.54 Å². The van der Waals surface area contributed by atoms with Gasteiger partial charge in [0.1, 0.15) is 0 Å². The molecule has 8 heteroatoms. The Morgan fingerprint density at radius 2 is 1.85 bits per heavy atom. The summed E-state index contributed by atoms with van der Waals surface area (Å²) in [6.07, 6.45) is 2.66.